The Balaban J connectivity index is 1.72. The smallest absolute Gasteiger partial charge is 0.121 e. The van der Waals surface area contributed by atoms with Gasteiger partial charge in [-0.2, -0.15) is 0 Å². The molecule has 0 amide bonds. The second kappa shape index (κ2) is 3.67. The molecule has 3 atom stereocenters. The van der Waals surface area contributed by atoms with Crippen LogP contribution in [0.1, 0.15) is 56.1 Å². The highest BCUT2D eigenvalue weighted by molar-refractivity contribution is 5.19. The third-order valence-corrected chi connectivity index (χ3v) is 3.78. The van der Waals surface area contributed by atoms with Gasteiger partial charge in [-0.1, -0.05) is 13.3 Å². The Labute approximate surface area is 91.0 Å². The molecule has 2 heteroatoms. The second-order valence-electron chi connectivity index (χ2n) is 5.06. The standard InChI is InChI=1S/C13H19NO/c1-9-8-10(9)12-5-6-13(15-12)11-4-2-3-7-14-11/h5-6,9-11,14H,2-4,7-8H2,1H3. The molecular weight excluding hydrogens is 186 g/mol. The first-order valence-electron chi connectivity index (χ1n) is 6.17. The van der Waals surface area contributed by atoms with E-state index in [1.54, 1.807) is 0 Å². The molecule has 0 radical (unpaired) electrons. The summed E-state index contributed by atoms with van der Waals surface area (Å²) < 4.78 is 5.95. The second-order valence-corrected chi connectivity index (χ2v) is 5.06. The summed E-state index contributed by atoms with van der Waals surface area (Å²) in [6, 6.07) is 4.82. The molecule has 1 saturated carbocycles. The van der Waals surface area contributed by atoms with Gasteiger partial charge in [0, 0.05) is 5.92 Å². The van der Waals surface area contributed by atoms with Crippen LogP contribution in [0.25, 0.3) is 0 Å². The number of hydrogen-bond donors (Lipinski definition) is 1. The first kappa shape index (κ1) is 9.46. The summed E-state index contributed by atoms with van der Waals surface area (Å²) in [5, 5.41) is 3.53. The summed E-state index contributed by atoms with van der Waals surface area (Å²) in [7, 11) is 0. The van der Waals surface area contributed by atoms with Crippen molar-refractivity contribution in [1.82, 2.24) is 5.32 Å². The fourth-order valence-corrected chi connectivity index (χ4v) is 2.57. The van der Waals surface area contributed by atoms with E-state index in [1.807, 2.05) is 0 Å². The molecule has 1 saturated heterocycles. The summed E-state index contributed by atoms with van der Waals surface area (Å²) >= 11 is 0. The van der Waals surface area contributed by atoms with Crippen LogP contribution in [0.3, 0.4) is 0 Å². The van der Waals surface area contributed by atoms with E-state index in [1.165, 1.54) is 31.4 Å². The maximum Gasteiger partial charge on any atom is 0.121 e. The SMILES string of the molecule is CC1CC1c1ccc(C2CCCCN2)o1. The lowest BCUT2D eigenvalue weighted by Crippen LogP contribution is -2.26. The van der Waals surface area contributed by atoms with Crippen LogP contribution >= 0.6 is 0 Å². The Bertz CT molecular complexity index is 338. The number of nitrogens with one attached hydrogen (secondary N) is 1. The third kappa shape index (κ3) is 1.83. The normalized spacial score (nSPS) is 35.4. The van der Waals surface area contributed by atoms with Crippen LogP contribution in [0.5, 0.6) is 0 Å². The monoisotopic (exact) mass is 205 g/mol. The Morgan fingerprint density at radius 2 is 2.07 bits per heavy atom. The first-order chi connectivity index (χ1) is 7.34. The summed E-state index contributed by atoms with van der Waals surface area (Å²) in [6.07, 6.45) is 5.18. The predicted octanol–water partition coefficient (Wildman–Crippen LogP) is 3.22. The van der Waals surface area contributed by atoms with E-state index in [9.17, 15) is 0 Å². The maximum absolute atomic E-state index is 5.95. The summed E-state index contributed by atoms with van der Waals surface area (Å²) in [6.45, 7) is 3.44. The number of furan rings is 1. The van der Waals surface area contributed by atoms with Crippen molar-refractivity contribution >= 4 is 0 Å². The molecule has 0 spiro atoms. The highest BCUT2D eigenvalue weighted by Crippen LogP contribution is 2.47. The molecule has 2 aliphatic rings. The van der Waals surface area contributed by atoms with Crippen molar-refractivity contribution in [3.05, 3.63) is 23.7 Å². The molecule has 1 aromatic heterocycles. The van der Waals surface area contributed by atoms with Gasteiger partial charge in [0.15, 0.2) is 0 Å². The third-order valence-electron chi connectivity index (χ3n) is 3.78. The Hall–Kier alpha value is -0.760. The van der Waals surface area contributed by atoms with E-state index < -0.39 is 0 Å². The zero-order chi connectivity index (χ0) is 10.3. The van der Waals surface area contributed by atoms with Crippen molar-refractivity contribution in [2.75, 3.05) is 6.54 Å². The van der Waals surface area contributed by atoms with Gasteiger partial charge in [0.1, 0.15) is 11.5 Å². The average Bonchev–Trinajstić information content (AvgIpc) is 2.83. The molecule has 15 heavy (non-hydrogen) atoms. The van der Waals surface area contributed by atoms with Crippen molar-refractivity contribution in [2.24, 2.45) is 5.92 Å². The van der Waals surface area contributed by atoms with Gasteiger partial charge in [-0.25, -0.2) is 0 Å². The van der Waals surface area contributed by atoms with E-state index in [0.717, 1.165) is 18.2 Å². The van der Waals surface area contributed by atoms with Gasteiger partial charge in [0.2, 0.25) is 0 Å². The largest absolute Gasteiger partial charge is 0.464 e. The van der Waals surface area contributed by atoms with E-state index in [4.69, 9.17) is 4.42 Å². The minimum absolute atomic E-state index is 0.474. The summed E-state index contributed by atoms with van der Waals surface area (Å²) in [5.41, 5.74) is 0. The van der Waals surface area contributed by atoms with Gasteiger partial charge in [0.05, 0.1) is 6.04 Å². The van der Waals surface area contributed by atoms with E-state index in [0.29, 0.717) is 12.0 Å². The molecule has 1 aromatic rings. The molecular formula is C13H19NO. The lowest BCUT2D eigenvalue weighted by Gasteiger charge is -2.21. The molecule has 2 fully saturated rings. The minimum atomic E-state index is 0.474. The molecule has 3 rings (SSSR count). The van der Waals surface area contributed by atoms with Gasteiger partial charge >= 0.3 is 0 Å². The van der Waals surface area contributed by atoms with Crippen LogP contribution in [0.4, 0.5) is 0 Å². The number of rotatable bonds is 2. The van der Waals surface area contributed by atoms with Crippen LogP contribution in [-0.4, -0.2) is 6.54 Å². The molecule has 2 heterocycles. The summed E-state index contributed by atoms with van der Waals surface area (Å²) in [5.74, 6) is 3.92. The van der Waals surface area contributed by atoms with E-state index in [2.05, 4.69) is 24.4 Å². The van der Waals surface area contributed by atoms with Crippen molar-refractivity contribution in [3.8, 4) is 0 Å². The molecule has 2 nitrogen and oxygen atoms in total. The maximum atomic E-state index is 5.95. The highest BCUT2D eigenvalue weighted by atomic mass is 16.3. The number of hydrogen-bond acceptors (Lipinski definition) is 2. The first-order valence-corrected chi connectivity index (χ1v) is 6.17. The Morgan fingerprint density at radius 3 is 2.73 bits per heavy atom. The molecule has 0 bridgehead atoms. The highest BCUT2D eigenvalue weighted by Gasteiger charge is 2.37. The minimum Gasteiger partial charge on any atom is -0.464 e. The zero-order valence-electron chi connectivity index (χ0n) is 9.33. The Kier molecular flexibility index (Phi) is 2.32. The fourth-order valence-electron chi connectivity index (χ4n) is 2.57. The van der Waals surface area contributed by atoms with Gasteiger partial charge in [-0.15, -0.1) is 0 Å². The van der Waals surface area contributed by atoms with Crippen molar-refractivity contribution in [2.45, 2.75) is 44.6 Å². The van der Waals surface area contributed by atoms with Gasteiger partial charge in [0.25, 0.3) is 0 Å². The van der Waals surface area contributed by atoms with Crippen molar-refractivity contribution in [1.29, 1.82) is 0 Å². The molecule has 0 aromatic carbocycles. The lowest BCUT2D eigenvalue weighted by atomic mass is 10.0. The van der Waals surface area contributed by atoms with Crippen LogP contribution < -0.4 is 5.32 Å². The quantitative estimate of drug-likeness (QED) is 0.802. The van der Waals surface area contributed by atoms with Gasteiger partial charge in [-0.05, 0) is 43.9 Å². The van der Waals surface area contributed by atoms with E-state index >= 15 is 0 Å². The number of piperidine rings is 1. The molecule has 82 valence electrons. The van der Waals surface area contributed by atoms with Crippen LogP contribution in [0, 0.1) is 5.92 Å². The predicted molar refractivity (Wildman–Crippen MR) is 59.8 cm³/mol. The topological polar surface area (TPSA) is 25.2 Å². The van der Waals surface area contributed by atoms with Crippen LogP contribution in [0.15, 0.2) is 16.5 Å². The molecule has 1 aliphatic heterocycles. The van der Waals surface area contributed by atoms with E-state index in [-0.39, 0.29) is 0 Å². The zero-order valence-corrected chi connectivity index (χ0v) is 9.33. The molecule has 1 aliphatic carbocycles. The summed E-state index contributed by atoms with van der Waals surface area (Å²) in [4.78, 5) is 0. The van der Waals surface area contributed by atoms with Gasteiger partial charge in [-0.3, -0.25) is 0 Å². The van der Waals surface area contributed by atoms with Gasteiger partial charge < -0.3 is 9.73 Å². The lowest BCUT2D eigenvalue weighted by molar-refractivity contribution is 0.338. The van der Waals surface area contributed by atoms with Crippen molar-refractivity contribution in [3.63, 3.8) is 0 Å². The molecule has 1 N–H and O–H groups in total. The van der Waals surface area contributed by atoms with Crippen LogP contribution in [-0.2, 0) is 0 Å². The van der Waals surface area contributed by atoms with Crippen LogP contribution in [0.2, 0.25) is 0 Å². The molecule has 3 unspecified atom stereocenters. The Morgan fingerprint density at radius 1 is 1.27 bits per heavy atom. The average molecular weight is 205 g/mol. The van der Waals surface area contributed by atoms with Crippen molar-refractivity contribution < 1.29 is 4.42 Å². The fraction of sp³-hybridized carbons (Fsp3) is 0.692.